The van der Waals surface area contributed by atoms with Crippen molar-refractivity contribution in [3.63, 3.8) is 0 Å². The predicted octanol–water partition coefficient (Wildman–Crippen LogP) is 3.49. The number of hydrogen-bond acceptors (Lipinski definition) is 2. The van der Waals surface area contributed by atoms with E-state index in [4.69, 9.17) is 5.11 Å². The van der Waals surface area contributed by atoms with E-state index < -0.39 is 5.97 Å². The largest absolute Gasteiger partial charge is 0.478 e. The third-order valence-electron chi connectivity index (χ3n) is 3.36. The minimum absolute atomic E-state index is 0.276. The maximum atomic E-state index is 10.8. The van der Waals surface area contributed by atoms with E-state index in [1.165, 1.54) is 5.56 Å². The third kappa shape index (κ3) is 2.16. The van der Waals surface area contributed by atoms with Gasteiger partial charge in [0, 0.05) is 5.56 Å². The molecule has 3 aromatic rings. The van der Waals surface area contributed by atoms with E-state index in [1.807, 2.05) is 6.07 Å². The van der Waals surface area contributed by atoms with Crippen LogP contribution in [0.2, 0.25) is 0 Å². The molecule has 0 bridgehead atoms. The quantitative estimate of drug-likeness (QED) is 0.762. The summed E-state index contributed by atoms with van der Waals surface area (Å²) in [5.74, 6) is -0.168. The molecule has 100 valence electrons. The van der Waals surface area contributed by atoms with E-state index in [0.29, 0.717) is 0 Å². The Bertz CT molecular complexity index is 773. The highest BCUT2D eigenvalue weighted by molar-refractivity contribution is 5.88. The highest BCUT2D eigenvalue weighted by atomic mass is 16.4. The van der Waals surface area contributed by atoms with Gasteiger partial charge in [-0.1, -0.05) is 25.1 Å². The van der Waals surface area contributed by atoms with Crippen LogP contribution in [0.1, 0.15) is 22.8 Å². The first-order valence-corrected chi connectivity index (χ1v) is 6.50. The minimum Gasteiger partial charge on any atom is -0.478 e. The predicted molar refractivity (Wildman–Crippen MR) is 77.9 cm³/mol. The lowest BCUT2D eigenvalue weighted by Crippen LogP contribution is -1.95. The van der Waals surface area contributed by atoms with Crippen LogP contribution in [0.25, 0.3) is 22.4 Å². The van der Waals surface area contributed by atoms with Crippen LogP contribution in [0, 0.1) is 0 Å². The smallest absolute Gasteiger partial charge is 0.335 e. The minimum atomic E-state index is -0.922. The molecule has 0 radical (unpaired) electrons. The number of H-pyrrole nitrogens is 1. The van der Waals surface area contributed by atoms with E-state index in [9.17, 15) is 4.79 Å². The second kappa shape index (κ2) is 4.81. The molecule has 0 spiro atoms. The molecule has 0 saturated carbocycles. The molecule has 0 aliphatic heterocycles. The van der Waals surface area contributed by atoms with Crippen molar-refractivity contribution < 1.29 is 9.90 Å². The van der Waals surface area contributed by atoms with Gasteiger partial charge in [-0.3, -0.25) is 0 Å². The summed E-state index contributed by atoms with van der Waals surface area (Å²) in [6.07, 6.45) is 0.984. The second-order valence-corrected chi connectivity index (χ2v) is 4.67. The van der Waals surface area contributed by atoms with Crippen molar-refractivity contribution in [3.05, 3.63) is 53.6 Å². The molecular formula is C16H14N2O2. The lowest BCUT2D eigenvalue weighted by Gasteiger charge is -1.97. The fourth-order valence-corrected chi connectivity index (χ4v) is 2.18. The Morgan fingerprint density at radius 3 is 2.60 bits per heavy atom. The number of carboxylic acids is 1. The van der Waals surface area contributed by atoms with Crippen LogP contribution in [0.3, 0.4) is 0 Å². The lowest BCUT2D eigenvalue weighted by molar-refractivity contribution is 0.0697. The highest BCUT2D eigenvalue weighted by Gasteiger charge is 2.07. The molecule has 0 aliphatic rings. The Morgan fingerprint density at radius 1 is 1.20 bits per heavy atom. The number of hydrogen-bond donors (Lipinski definition) is 2. The van der Waals surface area contributed by atoms with Crippen LogP contribution in [-0.2, 0) is 6.42 Å². The van der Waals surface area contributed by atoms with E-state index in [0.717, 1.165) is 28.8 Å². The number of carboxylic acid groups (broad SMARTS) is 1. The normalized spacial score (nSPS) is 10.8. The van der Waals surface area contributed by atoms with Crippen molar-refractivity contribution in [2.24, 2.45) is 0 Å². The molecule has 2 aromatic carbocycles. The lowest BCUT2D eigenvalue weighted by atomic mass is 10.1. The number of nitrogens with one attached hydrogen (secondary N) is 1. The van der Waals surface area contributed by atoms with Crippen LogP contribution >= 0.6 is 0 Å². The van der Waals surface area contributed by atoms with Gasteiger partial charge in [0.05, 0.1) is 16.6 Å². The van der Waals surface area contributed by atoms with Gasteiger partial charge in [0.15, 0.2) is 0 Å². The van der Waals surface area contributed by atoms with Crippen molar-refractivity contribution in [2.75, 3.05) is 0 Å². The van der Waals surface area contributed by atoms with Crippen LogP contribution in [0.15, 0.2) is 42.5 Å². The summed E-state index contributed by atoms with van der Waals surface area (Å²) < 4.78 is 0. The molecule has 0 amide bonds. The second-order valence-electron chi connectivity index (χ2n) is 4.67. The average molecular weight is 266 g/mol. The van der Waals surface area contributed by atoms with Gasteiger partial charge in [-0.05, 0) is 36.2 Å². The standard InChI is InChI=1S/C16H14N2O2/c1-2-10-3-8-13-14(9-10)18-15(17-13)11-4-6-12(7-5-11)16(19)20/h3-9H,2H2,1H3,(H,17,18)(H,19,20). The molecule has 1 aromatic heterocycles. The Labute approximate surface area is 116 Å². The Hall–Kier alpha value is -2.62. The van der Waals surface area contributed by atoms with Gasteiger partial charge in [-0.25, -0.2) is 9.78 Å². The number of carbonyl (C=O) groups is 1. The maximum Gasteiger partial charge on any atom is 0.335 e. The molecule has 0 aliphatic carbocycles. The van der Waals surface area contributed by atoms with E-state index in [2.05, 4.69) is 29.0 Å². The molecular weight excluding hydrogens is 252 g/mol. The summed E-state index contributed by atoms with van der Waals surface area (Å²) in [5, 5.41) is 8.89. The van der Waals surface area contributed by atoms with Crippen molar-refractivity contribution in [1.29, 1.82) is 0 Å². The molecule has 2 N–H and O–H groups in total. The van der Waals surface area contributed by atoms with Gasteiger partial charge in [-0.2, -0.15) is 0 Å². The van der Waals surface area contributed by atoms with E-state index >= 15 is 0 Å². The van der Waals surface area contributed by atoms with Gasteiger partial charge >= 0.3 is 5.97 Å². The molecule has 0 fully saturated rings. The Morgan fingerprint density at radius 2 is 1.95 bits per heavy atom. The number of nitrogens with zero attached hydrogens (tertiary/aromatic N) is 1. The molecule has 3 rings (SSSR count). The summed E-state index contributed by atoms with van der Waals surface area (Å²) in [6.45, 7) is 2.11. The van der Waals surface area contributed by atoms with Crippen molar-refractivity contribution in [1.82, 2.24) is 9.97 Å². The highest BCUT2D eigenvalue weighted by Crippen LogP contribution is 2.22. The summed E-state index contributed by atoms with van der Waals surface area (Å²) in [7, 11) is 0. The van der Waals surface area contributed by atoms with Crippen LogP contribution in [-0.4, -0.2) is 21.0 Å². The summed E-state index contributed by atoms with van der Waals surface area (Å²) >= 11 is 0. The first-order valence-electron chi connectivity index (χ1n) is 6.50. The van der Waals surface area contributed by atoms with Gasteiger partial charge in [0.25, 0.3) is 0 Å². The summed E-state index contributed by atoms with van der Waals surface area (Å²) in [5.41, 5.74) is 4.33. The first kappa shape index (κ1) is 12.4. The molecule has 4 heteroatoms. The molecule has 20 heavy (non-hydrogen) atoms. The summed E-state index contributed by atoms with van der Waals surface area (Å²) in [4.78, 5) is 18.6. The first-order chi connectivity index (χ1) is 9.67. The number of aromatic nitrogens is 2. The molecule has 0 atom stereocenters. The van der Waals surface area contributed by atoms with Gasteiger partial charge in [0.2, 0.25) is 0 Å². The van der Waals surface area contributed by atoms with Crippen LogP contribution in [0.4, 0.5) is 0 Å². The topological polar surface area (TPSA) is 66.0 Å². The number of aryl methyl sites for hydroxylation is 1. The third-order valence-corrected chi connectivity index (χ3v) is 3.36. The Kier molecular flexibility index (Phi) is 2.99. The van der Waals surface area contributed by atoms with Crippen LogP contribution in [0.5, 0.6) is 0 Å². The summed E-state index contributed by atoms with van der Waals surface area (Å²) in [6, 6.07) is 12.9. The van der Waals surface area contributed by atoms with Gasteiger partial charge in [0.1, 0.15) is 5.82 Å². The number of rotatable bonds is 3. The number of aromatic carboxylic acids is 1. The zero-order chi connectivity index (χ0) is 14.1. The van der Waals surface area contributed by atoms with Gasteiger partial charge < -0.3 is 10.1 Å². The van der Waals surface area contributed by atoms with E-state index in [1.54, 1.807) is 24.3 Å². The SMILES string of the molecule is CCc1ccc2nc(-c3ccc(C(=O)O)cc3)[nH]c2c1. The molecule has 0 unspecified atom stereocenters. The number of aromatic amines is 1. The van der Waals surface area contributed by atoms with Crippen LogP contribution < -0.4 is 0 Å². The molecule has 0 saturated heterocycles. The number of fused-ring (bicyclic) bond motifs is 1. The fourth-order valence-electron chi connectivity index (χ4n) is 2.18. The van der Waals surface area contributed by atoms with Crippen molar-refractivity contribution in [2.45, 2.75) is 13.3 Å². The maximum absolute atomic E-state index is 10.8. The van der Waals surface area contributed by atoms with Crippen molar-refractivity contribution in [3.8, 4) is 11.4 Å². The number of benzene rings is 2. The monoisotopic (exact) mass is 266 g/mol. The zero-order valence-electron chi connectivity index (χ0n) is 11.1. The van der Waals surface area contributed by atoms with Gasteiger partial charge in [-0.15, -0.1) is 0 Å². The fraction of sp³-hybridized carbons (Fsp3) is 0.125. The number of imidazole rings is 1. The zero-order valence-corrected chi connectivity index (χ0v) is 11.1. The molecule has 1 heterocycles. The van der Waals surface area contributed by atoms with Crippen molar-refractivity contribution >= 4 is 17.0 Å². The molecule has 4 nitrogen and oxygen atoms in total. The van der Waals surface area contributed by atoms with E-state index in [-0.39, 0.29) is 5.56 Å². The Balaban J connectivity index is 2.03. The average Bonchev–Trinajstić information content (AvgIpc) is 2.90.